The Hall–Kier alpha value is -1.53. The molecule has 1 N–H and O–H groups in total. The van der Waals surface area contributed by atoms with Gasteiger partial charge < -0.3 is 10.0 Å². The van der Waals surface area contributed by atoms with Gasteiger partial charge in [0.15, 0.2) is 0 Å². The van der Waals surface area contributed by atoms with E-state index in [-0.39, 0.29) is 23.7 Å². The molecule has 23 heavy (non-hydrogen) atoms. The van der Waals surface area contributed by atoms with E-state index < -0.39 is 17.7 Å². The smallest absolute Gasteiger partial charge is 0.244 e. The maximum Gasteiger partial charge on any atom is 0.244 e. The Morgan fingerprint density at radius 1 is 1.26 bits per heavy atom. The van der Waals surface area contributed by atoms with Crippen LogP contribution in [0.25, 0.3) is 0 Å². The van der Waals surface area contributed by atoms with E-state index in [0.29, 0.717) is 19.4 Å². The standard InChI is InChI=1S/C17H22F2N2O2/c1-11(22)10-12-4-3-8-20(12)15-7-9-21(17(15)23)16-13(18)5-2-6-14(16)19/h2,5-6,11-12,15,22H,3-4,7-10H2,1H3. The first-order valence-electron chi connectivity index (χ1n) is 8.18. The lowest BCUT2D eigenvalue weighted by atomic mass is 10.1. The number of likely N-dealkylation sites (tertiary alicyclic amines) is 1. The fraction of sp³-hybridized carbons (Fsp3) is 0.588. The lowest BCUT2D eigenvalue weighted by Crippen LogP contribution is -2.45. The van der Waals surface area contributed by atoms with Crippen molar-refractivity contribution in [1.29, 1.82) is 0 Å². The summed E-state index contributed by atoms with van der Waals surface area (Å²) in [5.74, 6) is -1.66. The van der Waals surface area contributed by atoms with Gasteiger partial charge in [0.1, 0.15) is 17.3 Å². The van der Waals surface area contributed by atoms with Gasteiger partial charge >= 0.3 is 0 Å². The third-order valence-corrected chi connectivity index (χ3v) is 4.82. The van der Waals surface area contributed by atoms with Gasteiger partial charge in [0.2, 0.25) is 5.91 Å². The summed E-state index contributed by atoms with van der Waals surface area (Å²) in [7, 11) is 0. The topological polar surface area (TPSA) is 43.8 Å². The second kappa shape index (κ2) is 6.53. The van der Waals surface area contributed by atoms with Gasteiger partial charge in [-0.1, -0.05) is 6.07 Å². The predicted octanol–water partition coefficient (Wildman–Crippen LogP) is 2.31. The van der Waals surface area contributed by atoms with E-state index in [2.05, 4.69) is 4.90 Å². The molecule has 2 aliphatic rings. The van der Waals surface area contributed by atoms with Gasteiger partial charge in [-0.15, -0.1) is 0 Å². The van der Waals surface area contributed by atoms with Gasteiger partial charge in [0.25, 0.3) is 0 Å². The summed E-state index contributed by atoms with van der Waals surface area (Å²) in [6.45, 7) is 2.86. The maximum atomic E-state index is 13.9. The molecule has 1 aromatic carbocycles. The van der Waals surface area contributed by atoms with E-state index in [9.17, 15) is 18.7 Å². The molecule has 0 saturated carbocycles. The highest BCUT2D eigenvalue weighted by molar-refractivity contribution is 5.99. The summed E-state index contributed by atoms with van der Waals surface area (Å²) >= 11 is 0. The summed E-state index contributed by atoms with van der Waals surface area (Å²) in [6, 6.07) is 3.45. The van der Waals surface area contributed by atoms with Crippen LogP contribution < -0.4 is 4.90 Å². The number of aliphatic hydroxyl groups excluding tert-OH is 1. The number of rotatable bonds is 4. The SMILES string of the molecule is CC(O)CC1CCCN1C1CCN(c2c(F)cccc2F)C1=O. The van der Waals surface area contributed by atoms with Crippen molar-refractivity contribution in [1.82, 2.24) is 4.90 Å². The number of hydrogen-bond donors (Lipinski definition) is 1. The summed E-state index contributed by atoms with van der Waals surface area (Å²) in [6.07, 6.45) is 2.69. The number of benzene rings is 1. The van der Waals surface area contributed by atoms with Gasteiger partial charge in [0.05, 0.1) is 12.1 Å². The molecule has 4 nitrogen and oxygen atoms in total. The average Bonchev–Trinajstić information content (AvgIpc) is 3.06. The molecule has 0 radical (unpaired) electrons. The zero-order chi connectivity index (χ0) is 16.6. The van der Waals surface area contributed by atoms with Gasteiger partial charge in [-0.25, -0.2) is 8.78 Å². The first-order valence-corrected chi connectivity index (χ1v) is 8.18. The lowest BCUT2D eigenvalue weighted by Gasteiger charge is -2.30. The molecule has 2 saturated heterocycles. The maximum absolute atomic E-state index is 13.9. The zero-order valence-electron chi connectivity index (χ0n) is 13.2. The Labute approximate surface area is 134 Å². The van der Waals surface area contributed by atoms with Crippen LogP contribution in [0.15, 0.2) is 18.2 Å². The van der Waals surface area contributed by atoms with Crippen molar-refractivity contribution >= 4 is 11.6 Å². The number of amides is 1. The van der Waals surface area contributed by atoms with Crippen LogP contribution >= 0.6 is 0 Å². The first-order chi connectivity index (χ1) is 11.0. The van der Waals surface area contributed by atoms with Crippen molar-refractivity contribution in [2.45, 2.75) is 50.8 Å². The predicted molar refractivity (Wildman–Crippen MR) is 83.1 cm³/mol. The minimum absolute atomic E-state index is 0.161. The van der Waals surface area contributed by atoms with Crippen LogP contribution in [0.1, 0.15) is 32.6 Å². The Bertz CT molecular complexity index is 574. The molecule has 2 fully saturated rings. The molecule has 2 aliphatic heterocycles. The van der Waals surface area contributed by atoms with Crippen molar-refractivity contribution in [3.8, 4) is 0 Å². The summed E-state index contributed by atoms with van der Waals surface area (Å²) in [5.41, 5.74) is -0.244. The van der Waals surface area contributed by atoms with Crippen LogP contribution in [-0.2, 0) is 4.79 Å². The molecule has 1 aromatic rings. The molecule has 0 bridgehead atoms. The van der Waals surface area contributed by atoms with E-state index in [4.69, 9.17) is 0 Å². The highest BCUT2D eigenvalue weighted by Gasteiger charge is 2.42. The Kier molecular flexibility index (Phi) is 4.64. The molecule has 3 atom stereocenters. The van der Waals surface area contributed by atoms with Gasteiger partial charge in [-0.3, -0.25) is 9.69 Å². The second-order valence-electron chi connectivity index (χ2n) is 6.48. The monoisotopic (exact) mass is 324 g/mol. The van der Waals surface area contributed by atoms with Crippen LogP contribution in [-0.4, -0.2) is 47.2 Å². The quantitative estimate of drug-likeness (QED) is 0.924. The highest BCUT2D eigenvalue weighted by atomic mass is 19.1. The zero-order valence-corrected chi connectivity index (χ0v) is 13.2. The summed E-state index contributed by atoms with van der Waals surface area (Å²) in [4.78, 5) is 16.1. The number of anilines is 1. The Morgan fingerprint density at radius 3 is 2.61 bits per heavy atom. The van der Waals surface area contributed by atoms with Gasteiger partial charge in [-0.05, 0) is 51.3 Å². The van der Waals surface area contributed by atoms with E-state index in [1.54, 1.807) is 6.92 Å². The first kappa shape index (κ1) is 16.3. The van der Waals surface area contributed by atoms with Crippen LogP contribution in [0, 0.1) is 11.6 Å². The van der Waals surface area contributed by atoms with E-state index >= 15 is 0 Å². The van der Waals surface area contributed by atoms with Crippen molar-refractivity contribution in [2.24, 2.45) is 0 Å². The molecule has 0 aliphatic carbocycles. The summed E-state index contributed by atoms with van der Waals surface area (Å²) < 4.78 is 27.9. The normalized spacial score (nSPS) is 27.0. The third-order valence-electron chi connectivity index (χ3n) is 4.82. The molecular formula is C17H22F2N2O2. The molecule has 1 amide bonds. The average molecular weight is 324 g/mol. The number of hydrogen-bond acceptors (Lipinski definition) is 3. The van der Waals surface area contributed by atoms with Gasteiger partial charge in [-0.2, -0.15) is 0 Å². The Morgan fingerprint density at radius 2 is 1.96 bits per heavy atom. The molecule has 3 rings (SSSR count). The van der Waals surface area contributed by atoms with Crippen LogP contribution in [0.4, 0.5) is 14.5 Å². The number of halogens is 2. The molecule has 2 heterocycles. The number of carbonyl (C=O) groups is 1. The van der Waals surface area contributed by atoms with Crippen molar-refractivity contribution < 1.29 is 18.7 Å². The summed E-state index contributed by atoms with van der Waals surface area (Å²) in [5, 5.41) is 9.62. The molecule has 3 unspecified atom stereocenters. The Balaban J connectivity index is 1.79. The van der Waals surface area contributed by atoms with Crippen molar-refractivity contribution in [3.63, 3.8) is 0 Å². The third kappa shape index (κ3) is 3.10. The number of nitrogens with zero attached hydrogens (tertiary/aromatic N) is 2. The van der Waals surface area contributed by atoms with Gasteiger partial charge in [0, 0.05) is 12.6 Å². The molecule has 0 aromatic heterocycles. The molecule has 0 spiro atoms. The van der Waals surface area contributed by atoms with Crippen molar-refractivity contribution in [2.75, 3.05) is 18.0 Å². The highest BCUT2D eigenvalue weighted by Crippen LogP contribution is 2.33. The number of aliphatic hydroxyl groups is 1. The minimum Gasteiger partial charge on any atom is -0.393 e. The van der Waals surface area contributed by atoms with E-state index in [1.165, 1.54) is 23.1 Å². The van der Waals surface area contributed by atoms with E-state index in [0.717, 1.165) is 19.4 Å². The van der Waals surface area contributed by atoms with Crippen molar-refractivity contribution in [3.05, 3.63) is 29.8 Å². The fourth-order valence-corrected chi connectivity index (χ4v) is 3.86. The minimum atomic E-state index is -0.707. The number of carbonyl (C=O) groups excluding carboxylic acids is 1. The van der Waals surface area contributed by atoms with Crippen LogP contribution in [0.5, 0.6) is 0 Å². The van der Waals surface area contributed by atoms with Crippen LogP contribution in [0.2, 0.25) is 0 Å². The largest absolute Gasteiger partial charge is 0.393 e. The van der Waals surface area contributed by atoms with Crippen LogP contribution in [0.3, 0.4) is 0 Å². The van der Waals surface area contributed by atoms with E-state index in [1.807, 2.05) is 0 Å². The number of para-hydroxylation sites is 1. The molecule has 126 valence electrons. The molecular weight excluding hydrogens is 302 g/mol. The fourth-order valence-electron chi connectivity index (χ4n) is 3.86. The molecule has 6 heteroatoms. The lowest BCUT2D eigenvalue weighted by molar-refractivity contribution is -0.122. The second-order valence-corrected chi connectivity index (χ2v) is 6.48.